The fourth-order valence-electron chi connectivity index (χ4n) is 3.59. The summed E-state index contributed by atoms with van der Waals surface area (Å²) in [5.41, 5.74) is 0.663. The second kappa shape index (κ2) is 5.50. The van der Waals surface area contributed by atoms with Crippen LogP contribution in [-0.4, -0.2) is 63.6 Å². The molecule has 2 saturated heterocycles. The zero-order valence-electron chi connectivity index (χ0n) is 11.8. The van der Waals surface area contributed by atoms with Crippen molar-refractivity contribution < 1.29 is 9.90 Å². The predicted molar refractivity (Wildman–Crippen MR) is 75.3 cm³/mol. The third-order valence-electron chi connectivity index (χ3n) is 4.51. The highest BCUT2D eigenvalue weighted by Gasteiger charge is 2.43. The Labute approximate surface area is 119 Å². The summed E-state index contributed by atoms with van der Waals surface area (Å²) in [6.45, 7) is 3.76. The summed E-state index contributed by atoms with van der Waals surface area (Å²) in [5.74, 6) is 0.0753. The summed E-state index contributed by atoms with van der Waals surface area (Å²) < 4.78 is 0. The van der Waals surface area contributed by atoms with Crippen molar-refractivity contribution in [3.8, 4) is 0 Å². The molecule has 1 aromatic heterocycles. The predicted octanol–water partition coefficient (Wildman–Crippen LogP) is 0.751. The van der Waals surface area contributed by atoms with Crippen LogP contribution in [0.1, 0.15) is 30.1 Å². The van der Waals surface area contributed by atoms with Crippen molar-refractivity contribution in [3.05, 3.63) is 30.1 Å². The molecule has 0 spiro atoms. The van der Waals surface area contributed by atoms with Gasteiger partial charge in [0.2, 0.25) is 0 Å². The third kappa shape index (κ3) is 2.31. The molecule has 3 heterocycles. The first-order valence-corrected chi connectivity index (χ1v) is 7.28. The summed E-state index contributed by atoms with van der Waals surface area (Å²) in [4.78, 5) is 20.8. The molecule has 2 fully saturated rings. The van der Waals surface area contributed by atoms with E-state index in [1.54, 1.807) is 18.5 Å². The molecule has 20 heavy (non-hydrogen) atoms. The lowest BCUT2D eigenvalue weighted by atomic mass is 10.1. The van der Waals surface area contributed by atoms with Crippen molar-refractivity contribution in [2.75, 3.05) is 19.7 Å². The Morgan fingerprint density at radius 1 is 1.45 bits per heavy atom. The van der Waals surface area contributed by atoms with Gasteiger partial charge >= 0.3 is 0 Å². The number of aliphatic hydroxyl groups is 1. The highest BCUT2D eigenvalue weighted by atomic mass is 16.3. The average Bonchev–Trinajstić information content (AvgIpc) is 2.76. The number of aliphatic hydroxyl groups excluding tert-OH is 1. The molecule has 5 heteroatoms. The van der Waals surface area contributed by atoms with E-state index in [0.29, 0.717) is 17.6 Å². The first-order valence-electron chi connectivity index (χ1n) is 7.28. The molecule has 108 valence electrons. The Kier molecular flexibility index (Phi) is 3.72. The fraction of sp³-hybridized carbons (Fsp3) is 0.600. The number of amides is 1. The first-order chi connectivity index (χ1) is 9.70. The molecule has 1 aromatic rings. The van der Waals surface area contributed by atoms with Crippen LogP contribution in [-0.2, 0) is 0 Å². The topological polar surface area (TPSA) is 56.7 Å². The number of hydrogen-bond acceptors (Lipinski definition) is 4. The molecular formula is C15H21N3O2. The zero-order chi connectivity index (χ0) is 14.1. The molecular weight excluding hydrogens is 254 g/mol. The quantitative estimate of drug-likeness (QED) is 0.884. The summed E-state index contributed by atoms with van der Waals surface area (Å²) in [5, 5.41) is 9.37. The lowest BCUT2D eigenvalue weighted by Crippen LogP contribution is -2.58. The van der Waals surface area contributed by atoms with Gasteiger partial charge in [0.25, 0.3) is 5.91 Å². The molecule has 2 aliphatic rings. The van der Waals surface area contributed by atoms with Crippen LogP contribution in [0, 0.1) is 0 Å². The van der Waals surface area contributed by atoms with Gasteiger partial charge in [-0.2, -0.15) is 0 Å². The number of aromatic nitrogens is 1. The Hall–Kier alpha value is -1.46. The van der Waals surface area contributed by atoms with Gasteiger partial charge in [-0.05, 0) is 31.9 Å². The van der Waals surface area contributed by atoms with E-state index < -0.39 is 0 Å². The standard InChI is InChI=1S/C15H21N3O2/c1-11(10-19)18-13-4-5-14(18)9-17(8-13)15(20)12-3-2-6-16-7-12/h2-3,6-7,11,13-14,19H,4-5,8-10H2,1H3. The van der Waals surface area contributed by atoms with Crippen molar-refractivity contribution in [1.29, 1.82) is 0 Å². The maximum atomic E-state index is 12.5. The smallest absolute Gasteiger partial charge is 0.255 e. The minimum atomic E-state index is 0.0753. The molecule has 3 rings (SSSR count). The fourth-order valence-corrected chi connectivity index (χ4v) is 3.59. The van der Waals surface area contributed by atoms with Crippen LogP contribution >= 0.6 is 0 Å². The van der Waals surface area contributed by atoms with Gasteiger partial charge in [0.1, 0.15) is 0 Å². The molecule has 5 nitrogen and oxygen atoms in total. The Morgan fingerprint density at radius 2 is 2.15 bits per heavy atom. The number of fused-ring (bicyclic) bond motifs is 2. The van der Waals surface area contributed by atoms with Crippen molar-refractivity contribution in [3.63, 3.8) is 0 Å². The van der Waals surface area contributed by atoms with Gasteiger partial charge in [-0.15, -0.1) is 0 Å². The maximum Gasteiger partial charge on any atom is 0.255 e. The lowest BCUT2D eigenvalue weighted by Gasteiger charge is -2.43. The minimum Gasteiger partial charge on any atom is -0.395 e. The average molecular weight is 275 g/mol. The number of carbonyl (C=O) groups is 1. The molecule has 0 saturated carbocycles. The lowest BCUT2D eigenvalue weighted by molar-refractivity contribution is 0.0174. The van der Waals surface area contributed by atoms with E-state index in [1.165, 1.54) is 0 Å². The SMILES string of the molecule is CC(CO)N1C2CCC1CN(C(=O)c1cccnc1)C2. The number of piperazine rings is 1. The van der Waals surface area contributed by atoms with E-state index >= 15 is 0 Å². The zero-order valence-corrected chi connectivity index (χ0v) is 11.8. The Bertz CT molecular complexity index is 465. The second-order valence-corrected chi connectivity index (χ2v) is 5.82. The molecule has 1 N–H and O–H groups in total. The van der Waals surface area contributed by atoms with Crippen LogP contribution in [0.2, 0.25) is 0 Å². The molecule has 0 aliphatic carbocycles. The number of likely N-dealkylation sites (tertiary alicyclic amines) is 1. The van der Waals surface area contributed by atoms with Gasteiger partial charge in [0.05, 0.1) is 12.2 Å². The highest BCUT2D eigenvalue weighted by Crippen LogP contribution is 2.32. The van der Waals surface area contributed by atoms with Crippen LogP contribution in [0.5, 0.6) is 0 Å². The highest BCUT2D eigenvalue weighted by molar-refractivity contribution is 5.94. The normalized spacial score (nSPS) is 27.6. The van der Waals surface area contributed by atoms with Gasteiger partial charge < -0.3 is 10.0 Å². The maximum absolute atomic E-state index is 12.5. The van der Waals surface area contributed by atoms with Gasteiger partial charge in [-0.1, -0.05) is 0 Å². The summed E-state index contributed by atoms with van der Waals surface area (Å²) >= 11 is 0. The van der Waals surface area contributed by atoms with Crippen molar-refractivity contribution in [2.45, 2.75) is 37.9 Å². The number of carbonyl (C=O) groups excluding carboxylic acids is 1. The van der Waals surface area contributed by atoms with E-state index in [0.717, 1.165) is 25.9 Å². The monoisotopic (exact) mass is 275 g/mol. The minimum absolute atomic E-state index is 0.0753. The van der Waals surface area contributed by atoms with Crippen LogP contribution in [0.3, 0.4) is 0 Å². The molecule has 3 unspecified atom stereocenters. The van der Waals surface area contributed by atoms with Crippen molar-refractivity contribution in [1.82, 2.24) is 14.8 Å². The third-order valence-corrected chi connectivity index (χ3v) is 4.51. The largest absolute Gasteiger partial charge is 0.395 e. The van der Waals surface area contributed by atoms with Crippen LogP contribution in [0.4, 0.5) is 0 Å². The van der Waals surface area contributed by atoms with Gasteiger partial charge in [-0.3, -0.25) is 14.7 Å². The first kappa shape index (κ1) is 13.5. The van der Waals surface area contributed by atoms with E-state index in [9.17, 15) is 9.90 Å². The van der Waals surface area contributed by atoms with Gasteiger partial charge in [0, 0.05) is 43.6 Å². The Balaban J connectivity index is 1.73. The van der Waals surface area contributed by atoms with Gasteiger partial charge in [0.15, 0.2) is 0 Å². The van der Waals surface area contributed by atoms with Crippen LogP contribution in [0.25, 0.3) is 0 Å². The van der Waals surface area contributed by atoms with Crippen LogP contribution < -0.4 is 0 Å². The molecule has 0 aromatic carbocycles. The van der Waals surface area contributed by atoms with Crippen molar-refractivity contribution in [2.24, 2.45) is 0 Å². The number of pyridine rings is 1. The molecule has 2 bridgehead atoms. The van der Waals surface area contributed by atoms with Crippen molar-refractivity contribution >= 4 is 5.91 Å². The summed E-state index contributed by atoms with van der Waals surface area (Å²) in [6.07, 6.45) is 5.55. The number of rotatable bonds is 3. The number of hydrogen-bond donors (Lipinski definition) is 1. The van der Waals surface area contributed by atoms with Gasteiger partial charge in [-0.25, -0.2) is 0 Å². The molecule has 2 aliphatic heterocycles. The second-order valence-electron chi connectivity index (χ2n) is 5.82. The summed E-state index contributed by atoms with van der Waals surface area (Å²) in [6, 6.07) is 4.57. The molecule has 3 atom stereocenters. The van der Waals surface area contributed by atoms with Crippen LogP contribution in [0.15, 0.2) is 24.5 Å². The summed E-state index contributed by atoms with van der Waals surface area (Å²) in [7, 11) is 0. The van der Waals surface area contributed by atoms with E-state index in [1.807, 2.05) is 11.0 Å². The molecule has 0 radical (unpaired) electrons. The molecule has 1 amide bonds. The van der Waals surface area contributed by atoms with E-state index in [-0.39, 0.29) is 18.6 Å². The van der Waals surface area contributed by atoms with E-state index in [4.69, 9.17) is 0 Å². The number of nitrogens with zero attached hydrogens (tertiary/aromatic N) is 3. The van der Waals surface area contributed by atoms with E-state index in [2.05, 4.69) is 16.8 Å². The Morgan fingerprint density at radius 3 is 2.70 bits per heavy atom.